The summed E-state index contributed by atoms with van der Waals surface area (Å²) in [7, 11) is 1.80. The predicted molar refractivity (Wildman–Crippen MR) is 68.3 cm³/mol. The highest BCUT2D eigenvalue weighted by molar-refractivity contribution is 7.07. The second-order valence-electron chi connectivity index (χ2n) is 4.86. The molecule has 0 aromatic carbocycles. The summed E-state index contributed by atoms with van der Waals surface area (Å²) in [6.45, 7) is 2.95. The van der Waals surface area contributed by atoms with Crippen molar-refractivity contribution in [3.8, 4) is 0 Å². The molecule has 1 aliphatic carbocycles. The molecule has 1 aliphatic heterocycles. The summed E-state index contributed by atoms with van der Waals surface area (Å²) in [5.74, 6) is 0. The standard InChI is InChI=1S/C13H19NO2S/c1-15-12-3-2-11-13(12)16-6-5-14(11)8-10-4-7-17-9-10/h4,7,9,11-13H,2-3,5-6,8H2,1H3/t11-,12+,13+/m0/s1. The zero-order chi connectivity index (χ0) is 11.7. The topological polar surface area (TPSA) is 21.7 Å². The van der Waals surface area contributed by atoms with Crippen molar-refractivity contribution >= 4 is 11.3 Å². The van der Waals surface area contributed by atoms with Crippen LogP contribution in [-0.4, -0.2) is 43.4 Å². The molecule has 4 heteroatoms. The van der Waals surface area contributed by atoms with Crippen LogP contribution < -0.4 is 0 Å². The lowest BCUT2D eigenvalue weighted by atomic mass is 10.1. The van der Waals surface area contributed by atoms with E-state index in [-0.39, 0.29) is 6.10 Å². The Balaban J connectivity index is 1.69. The van der Waals surface area contributed by atoms with E-state index in [1.165, 1.54) is 12.0 Å². The number of rotatable bonds is 3. The first-order chi connectivity index (χ1) is 8.38. The molecule has 0 unspecified atom stereocenters. The maximum absolute atomic E-state index is 5.89. The van der Waals surface area contributed by atoms with E-state index in [4.69, 9.17) is 9.47 Å². The summed E-state index contributed by atoms with van der Waals surface area (Å²) in [6.07, 6.45) is 2.91. The molecule has 1 aromatic heterocycles. The van der Waals surface area contributed by atoms with Crippen LogP contribution in [0.3, 0.4) is 0 Å². The highest BCUT2D eigenvalue weighted by atomic mass is 32.1. The van der Waals surface area contributed by atoms with Crippen molar-refractivity contribution in [2.75, 3.05) is 20.3 Å². The smallest absolute Gasteiger partial charge is 0.0991 e. The first-order valence-corrected chi connectivity index (χ1v) is 7.22. The van der Waals surface area contributed by atoms with Gasteiger partial charge in [0.2, 0.25) is 0 Å². The van der Waals surface area contributed by atoms with Gasteiger partial charge in [-0.1, -0.05) is 0 Å². The molecule has 17 heavy (non-hydrogen) atoms. The third kappa shape index (κ3) is 2.27. The Morgan fingerprint density at radius 1 is 1.53 bits per heavy atom. The molecular formula is C13H19NO2S. The van der Waals surface area contributed by atoms with Gasteiger partial charge in [0.05, 0.1) is 18.8 Å². The molecule has 0 radical (unpaired) electrons. The molecule has 3 rings (SSSR count). The van der Waals surface area contributed by atoms with Crippen LogP contribution in [0.2, 0.25) is 0 Å². The molecule has 0 spiro atoms. The monoisotopic (exact) mass is 253 g/mol. The summed E-state index contributed by atoms with van der Waals surface area (Å²) in [5, 5.41) is 4.40. The van der Waals surface area contributed by atoms with Crippen LogP contribution in [0, 0.1) is 0 Å². The Morgan fingerprint density at radius 2 is 2.47 bits per heavy atom. The van der Waals surface area contributed by atoms with E-state index in [9.17, 15) is 0 Å². The lowest BCUT2D eigenvalue weighted by Gasteiger charge is -2.38. The van der Waals surface area contributed by atoms with Gasteiger partial charge >= 0.3 is 0 Å². The van der Waals surface area contributed by atoms with Crippen molar-refractivity contribution in [1.82, 2.24) is 4.90 Å². The highest BCUT2D eigenvalue weighted by Crippen LogP contribution is 2.32. The SMILES string of the molecule is CO[C@@H]1CC[C@H]2[C@H]1OCCN2Cc1ccsc1. The Kier molecular flexibility index (Phi) is 3.47. The van der Waals surface area contributed by atoms with Crippen molar-refractivity contribution in [2.45, 2.75) is 37.6 Å². The average molecular weight is 253 g/mol. The molecule has 1 aromatic rings. The fourth-order valence-electron chi connectivity index (χ4n) is 3.06. The maximum atomic E-state index is 5.89. The summed E-state index contributed by atoms with van der Waals surface area (Å²) in [6, 6.07) is 2.77. The zero-order valence-corrected chi connectivity index (χ0v) is 11.0. The second kappa shape index (κ2) is 5.06. The summed E-state index contributed by atoms with van der Waals surface area (Å²) in [5.41, 5.74) is 1.43. The molecule has 1 saturated heterocycles. The average Bonchev–Trinajstić information content (AvgIpc) is 2.97. The Bertz CT molecular complexity index is 354. The molecule has 1 saturated carbocycles. The number of ether oxygens (including phenoxy) is 2. The van der Waals surface area contributed by atoms with Gasteiger partial charge in [0.1, 0.15) is 0 Å². The third-order valence-corrected chi connectivity index (χ3v) is 4.65. The molecular weight excluding hydrogens is 234 g/mol. The number of hydrogen-bond acceptors (Lipinski definition) is 4. The Morgan fingerprint density at radius 3 is 3.24 bits per heavy atom. The van der Waals surface area contributed by atoms with Gasteiger partial charge in [-0.05, 0) is 35.2 Å². The van der Waals surface area contributed by atoms with Gasteiger partial charge in [-0.15, -0.1) is 0 Å². The van der Waals surface area contributed by atoms with E-state index in [2.05, 4.69) is 21.7 Å². The molecule has 0 bridgehead atoms. The first-order valence-electron chi connectivity index (χ1n) is 6.28. The number of hydrogen-bond donors (Lipinski definition) is 0. The van der Waals surface area contributed by atoms with Gasteiger partial charge in [-0.3, -0.25) is 4.90 Å². The molecule has 94 valence electrons. The van der Waals surface area contributed by atoms with E-state index in [1.807, 2.05) is 0 Å². The van der Waals surface area contributed by atoms with E-state index in [1.54, 1.807) is 18.4 Å². The largest absolute Gasteiger partial charge is 0.379 e. The number of methoxy groups -OCH3 is 1. The number of nitrogens with zero attached hydrogens (tertiary/aromatic N) is 1. The predicted octanol–water partition coefficient (Wildman–Crippen LogP) is 2.13. The molecule has 2 fully saturated rings. The van der Waals surface area contributed by atoms with Crippen molar-refractivity contribution in [1.29, 1.82) is 0 Å². The fourth-order valence-corrected chi connectivity index (χ4v) is 3.72. The quantitative estimate of drug-likeness (QED) is 0.823. The molecule has 0 amide bonds. The van der Waals surface area contributed by atoms with Crippen molar-refractivity contribution < 1.29 is 9.47 Å². The fraction of sp³-hybridized carbons (Fsp3) is 0.692. The third-order valence-electron chi connectivity index (χ3n) is 3.92. The molecule has 2 aliphatic rings. The van der Waals surface area contributed by atoms with E-state index in [0.29, 0.717) is 12.1 Å². The minimum Gasteiger partial charge on any atom is -0.379 e. The Hall–Kier alpha value is -0.420. The van der Waals surface area contributed by atoms with E-state index < -0.39 is 0 Å². The number of morpholine rings is 1. The van der Waals surface area contributed by atoms with Crippen molar-refractivity contribution in [3.63, 3.8) is 0 Å². The van der Waals surface area contributed by atoms with Crippen LogP contribution in [0.15, 0.2) is 16.8 Å². The summed E-state index contributed by atoms with van der Waals surface area (Å²) in [4.78, 5) is 2.56. The van der Waals surface area contributed by atoms with E-state index >= 15 is 0 Å². The van der Waals surface area contributed by atoms with Gasteiger partial charge in [-0.2, -0.15) is 11.3 Å². The van der Waals surface area contributed by atoms with Gasteiger partial charge in [0, 0.05) is 26.2 Å². The lowest BCUT2D eigenvalue weighted by molar-refractivity contribution is -0.106. The van der Waals surface area contributed by atoms with Gasteiger partial charge in [0.25, 0.3) is 0 Å². The molecule has 2 heterocycles. The number of thiophene rings is 1. The van der Waals surface area contributed by atoms with Crippen LogP contribution in [0.5, 0.6) is 0 Å². The van der Waals surface area contributed by atoms with Crippen molar-refractivity contribution in [2.24, 2.45) is 0 Å². The minimum atomic E-state index is 0.285. The Labute approximate surface area is 106 Å². The van der Waals surface area contributed by atoms with E-state index in [0.717, 1.165) is 26.1 Å². The van der Waals surface area contributed by atoms with Crippen LogP contribution in [0.1, 0.15) is 18.4 Å². The molecule has 0 N–H and O–H groups in total. The van der Waals surface area contributed by atoms with Gasteiger partial charge < -0.3 is 9.47 Å². The van der Waals surface area contributed by atoms with Crippen molar-refractivity contribution in [3.05, 3.63) is 22.4 Å². The van der Waals surface area contributed by atoms with Gasteiger partial charge in [0.15, 0.2) is 0 Å². The second-order valence-corrected chi connectivity index (χ2v) is 5.64. The van der Waals surface area contributed by atoms with Gasteiger partial charge in [-0.25, -0.2) is 0 Å². The normalized spacial score (nSPS) is 33.8. The van der Waals surface area contributed by atoms with Crippen LogP contribution in [0.4, 0.5) is 0 Å². The first kappa shape index (κ1) is 11.7. The van der Waals surface area contributed by atoms with Crippen LogP contribution in [0.25, 0.3) is 0 Å². The summed E-state index contributed by atoms with van der Waals surface area (Å²) < 4.78 is 11.4. The molecule has 3 atom stereocenters. The number of fused-ring (bicyclic) bond motifs is 1. The maximum Gasteiger partial charge on any atom is 0.0991 e. The minimum absolute atomic E-state index is 0.285. The molecule has 3 nitrogen and oxygen atoms in total. The van der Waals surface area contributed by atoms with Crippen LogP contribution >= 0.6 is 11.3 Å². The van der Waals surface area contributed by atoms with Crippen LogP contribution in [-0.2, 0) is 16.0 Å². The zero-order valence-electron chi connectivity index (χ0n) is 10.2. The summed E-state index contributed by atoms with van der Waals surface area (Å²) >= 11 is 1.78. The highest BCUT2D eigenvalue weighted by Gasteiger charge is 2.42. The lowest BCUT2D eigenvalue weighted by Crippen LogP contribution is -2.51.